The van der Waals surface area contributed by atoms with Crippen molar-refractivity contribution < 1.29 is 22.7 Å². The minimum Gasteiger partial charge on any atom is -0.456 e. The molecule has 1 aromatic rings. The Morgan fingerprint density at radius 3 is 2.17 bits per heavy atom. The monoisotopic (exact) mass is 757 g/mol. The van der Waals surface area contributed by atoms with Crippen molar-refractivity contribution in [2.45, 2.75) is 126 Å². The molecule has 0 radical (unpaired) electrons. The molecular formula is C47H67NO5S. The Labute approximate surface area is 326 Å². The standard InChI is InChI=1S/C47H67NO5S/c1-31(2)34-17-23-47(24-20-39(49)48-27-29-54(51,52)30-28-48)26-25-45(9)36(40(34)47)15-16-38-44(8)21-18-35(43(6,7)37(44)19-22-46(38,45)10)32-11-13-33(14-12-32)41(50)53-42(3,4)5/h11-14,18,20,24,34,36-38,40H,1,15-17,19,21-23,25-30H2,2-10H3/b24-20+/t34-,36+,37-,38+,40+,44-,45+,46+,47-/m0/s1. The zero-order valence-corrected chi connectivity index (χ0v) is 35.5. The largest absolute Gasteiger partial charge is 0.456 e. The number of amides is 1. The Hall–Kier alpha value is -2.67. The van der Waals surface area contributed by atoms with Gasteiger partial charge in [-0.2, -0.15) is 0 Å². The third kappa shape index (κ3) is 6.29. The van der Waals surface area contributed by atoms with E-state index in [0.29, 0.717) is 48.2 Å². The number of benzene rings is 1. The second kappa shape index (κ2) is 13.2. The van der Waals surface area contributed by atoms with Crippen LogP contribution in [0, 0.1) is 56.7 Å². The molecule has 0 bridgehead atoms. The van der Waals surface area contributed by atoms with E-state index in [9.17, 15) is 18.0 Å². The van der Waals surface area contributed by atoms with Crippen molar-refractivity contribution in [2.24, 2.45) is 56.7 Å². The summed E-state index contributed by atoms with van der Waals surface area (Å²) in [6.07, 6.45) is 17.2. The van der Waals surface area contributed by atoms with Gasteiger partial charge < -0.3 is 9.64 Å². The van der Waals surface area contributed by atoms with Gasteiger partial charge in [-0.15, -0.1) is 0 Å². The van der Waals surface area contributed by atoms with Gasteiger partial charge in [0.05, 0.1) is 17.1 Å². The molecule has 6 aliphatic rings. The number of hydrogen-bond acceptors (Lipinski definition) is 5. The van der Waals surface area contributed by atoms with Gasteiger partial charge in [0.15, 0.2) is 9.84 Å². The molecule has 7 rings (SSSR count). The Morgan fingerprint density at radius 1 is 0.870 bits per heavy atom. The Balaban J connectivity index is 1.15. The second-order valence-corrected chi connectivity index (χ2v) is 23.2. The first-order valence-corrected chi connectivity index (χ1v) is 22.8. The van der Waals surface area contributed by atoms with Crippen molar-refractivity contribution in [3.63, 3.8) is 0 Å². The number of carbonyl (C=O) groups is 2. The van der Waals surface area contributed by atoms with Gasteiger partial charge in [-0.3, -0.25) is 4.79 Å². The van der Waals surface area contributed by atoms with Crippen LogP contribution in [-0.2, 0) is 19.4 Å². The van der Waals surface area contributed by atoms with Crippen molar-refractivity contribution >= 4 is 27.3 Å². The summed E-state index contributed by atoms with van der Waals surface area (Å²) in [5.41, 5.74) is 4.57. The summed E-state index contributed by atoms with van der Waals surface area (Å²) in [6.45, 7) is 26.0. The molecule has 1 saturated heterocycles. The average Bonchev–Trinajstić information content (AvgIpc) is 3.47. The van der Waals surface area contributed by atoms with Crippen molar-refractivity contribution in [1.82, 2.24) is 4.90 Å². The van der Waals surface area contributed by atoms with Crippen molar-refractivity contribution in [3.05, 3.63) is 65.8 Å². The van der Waals surface area contributed by atoms with Crippen LogP contribution in [0.2, 0.25) is 0 Å². The zero-order chi connectivity index (χ0) is 39.3. The molecule has 1 amide bonds. The molecule has 296 valence electrons. The maximum atomic E-state index is 13.5. The SMILES string of the molecule is C=C(C)[C@@H]1CC[C@]2(/C=C/C(=O)N3CCS(=O)(=O)CC3)CC[C@]3(C)[C@H](CC[C@@H]4[C@@]5(C)CC=C(c6ccc(C(=O)OC(C)(C)C)cc6)C(C)(C)[C@@H]5CC[C@]43C)[C@@H]12. The number of hydrogen-bond donors (Lipinski definition) is 0. The first-order valence-electron chi connectivity index (χ1n) is 21.0. The van der Waals surface area contributed by atoms with Crippen LogP contribution in [0.25, 0.3) is 5.57 Å². The molecular weight excluding hydrogens is 691 g/mol. The van der Waals surface area contributed by atoms with Gasteiger partial charge in [0.1, 0.15) is 5.60 Å². The fourth-order valence-corrected chi connectivity index (χ4v) is 15.2. The second-order valence-electron chi connectivity index (χ2n) is 20.9. The van der Waals surface area contributed by atoms with Gasteiger partial charge in [0, 0.05) is 13.1 Å². The molecule has 0 unspecified atom stereocenters. The molecule has 1 aliphatic heterocycles. The van der Waals surface area contributed by atoms with E-state index in [-0.39, 0.29) is 50.5 Å². The van der Waals surface area contributed by atoms with Crippen LogP contribution in [0.15, 0.2) is 54.6 Å². The molecule has 0 spiro atoms. The van der Waals surface area contributed by atoms with Crippen molar-refractivity contribution in [3.8, 4) is 0 Å². The molecule has 0 aromatic heterocycles. The van der Waals surface area contributed by atoms with Crippen LogP contribution >= 0.6 is 0 Å². The van der Waals surface area contributed by atoms with Crippen LogP contribution in [0.5, 0.6) is 0 Å². The summed E-state index contributed by atoms with van der Waals surface area (Å²) in [5, 5.41) is 0. The predicted molar refractivity (Wildman–Crippen MR) is 218 cm³/mol. The van der Waals surface area contributed by atoms with Gasteiger partial charge in [-0.25, -0.2) is 13.2 Å². The Morgan fingerprint density at radius 2 is 1.54 bits per heavy atom. The molecule has 5 aliphatic carbocycles. The highest BCUT2D eigenvalue weighted by Crippen LogP contribution is 2.78. The minimum atomic E-state index is -3.04. The first-order chi connectivity index (χ1) is 25.1. The fraction of sp³-hybridized carbons (Fsp3) is 0.702. The Kier molecular flexibility index (Phi) is 9.67. The highest BCUT2D eigenvalue weighted by Gasteiger charge is 2.70. The van der Waals surface area contributed by atoms with E-state index in [1.54, 1.807) is 4.90 Å². The van der Waals surface area contributed by atoms with Crippen LogP contribution in [0.4, 0.5) is 0 Å². The summed E-state index contributed by atoms with van der Waals surface area (Å²) in [5.74, 6) is 2.52. The third-order valence-corrected chi connectivity index (χ3v) is 18.4. The van der Waals surface area contributed by atoms with Crippen LogP contribution in [-0.4, -0.2) is 55.4 Å². The predicted octanol–water partition coefficient (Wildman–Crippen LogP) is 10.1. The number of rotatable bonds is 5. The summed E-state index contributed by atoms with van der Waals surface area (Å²) < 4.78 is 29.7. The van der Waals surface area contributed by atoms with E-state index in [2.05, 4.69) is 72.4 Å². The number of carbonyl (C=O) groups excluding carboxylic acids is 2. The molecule has 4 saturated carbocycles. The number of ether oxygens (including phenoxy) is 1. The maximum Gasteiger partial charge on any atom is 0.338 e. The topological polar surface area (TPSA) is 80.8 Å². The van der Waals surface area contributed by atoms with Crippen LogP contribution < -0.4 is 0 Å². The van der Waals surface area contributed by atoms with E-state index in [4.69, 9.17) is 4.74 Å². The maximum absolute atomic E-state index is 13.5. The van der Waals surface area contributed by atoms with Gasteiger partial charge in [0.25, 0.3) is 0 Å². The van der Waals surface area contributed by atoms with Gasteiger partial charge >= 0.3 is 5.97 Å². The minimum absolute atomic E-state index is 0.00634. The number of sulfone groups is 1. The number of fused-ring (bicyclic) bond motifs is 7. The molecule has 7 heteroatoms. The molecule has 1 heterocycles. The lowest BCUT2D eigenvalue weighted by atomic mass is 9.32. The number of esters is 1. The van der Waals surface area contributed by atoms with E-state index in [0.717, 1.165) is 25.7 Å². The van der Waals surface area contributed by atoms with E-state index in [1.165, 1.54) is 48.8 Å². The van der Waals surface area contributed by atoms with Gasteiger partial charge in [0.2, 0.25) is 5.91 Å². The lowest BCUT2D eigenvalue weighted by Gasteiger charge is -2.72. The van der Waals surface area contributed by atoms with E-state index < -0.39 is 15.4 Å². The summed E-state index contributed by atoms with van der Waals surface area (Å²) >= 11 is 0. The van der Waals surface area contributed by atoms with Gasteiger partial charge in [-0.05, 0) is 171 Å². The zero-order valence-electron chi connectivity index (χ0n) is 34.7. The molecule has 9 atom stereocenters. The quantitative estimate of drug-likeness (QED) is 0.170. The molecule has 1 aromatic carbocycles. The molecule has 0 N–H and O–H groups in total. The van der Waals surface area contributed by atoms with E-state index >= 15 is 0 Å². The fourth-order valence-electron chi connectivity index (χ4n) is 14.0. The number of nitrogens with zero attached hydrogens (tertiary/aromatic N) is 1. The van der Waals surface area contributed by atoms with Crippen molar-refractivity contribution in [2.75, 3.05) is 24.6 Å². The lowest BCUT2D eigenvalue weighted by molar-refractivity contribution is -0.221. The smallest absolute Gasteiger partial charge is 0.338 e. The average molecular weight is 758 g/mol. The van der Waals surface area contributed by atoms with Crippen LogP contribution in [0.3, 0.4) is 0 Å². The first kappa shape index (κ1) is 39.6. The molecule has 5 fully saturated rings. The summed E-state index contributed by atoms with van der Waals surface area (Å²) in [7, 11) is -3.04. The highest BCUT2D eigenvalue weighted by molar-refractivity contribution is 7.91. The van der Waals surface area contributed by atoms with Crippen LogP contribution in [0.1, 0.15) is 136 Å². The van der Waals surface area contributed by atoms with E-state index in [1.807, 2.05) is 39.0 Å². The third-order valence-electron chi connectivity index (χ3n) is 16.8. The molecule has 54 heavy (non-hydrogen) atoms. The molecule has 6 nitrogen and oxygen atoms in total. The van der Waals surface area contributed by atoms with Gasteiger partial charge in [-0.1, -0.05) is 71.1 Å². The number of allylic oxidation sites excluding steroid dienone is 4. The Bertz CT molecular complexity index is 1850. The van der Waals surface area contributed by atoms with Crippen molar-refractivity contribution in [1.29, 1.82) is 0 Å². The summed E-state index contributed by atoms with van der Waals surface area (Å²) in [6, 6.07) is 8.12. The normalized spacial score (nSPS) is 39.8. The summed E-state index contributed by atoms with van der Waals surface area (Å²) in [4.78, 5) is 28.0. The highest BCUT2D eigenvalue weighted by atomic mass is 32.2. The lowest BCUT2D eigenvalue weighted by Crippen LogP contribution is -2.65.